The van der Waals surface area contributed by atoms with Gasteiger partial charge in [0.15, 0.2) is 5.96 Å². The van der Waals surface area contributed by atoms with Gasteiger partial charge in [-0.25, -0.2) is 4.39 Å². The molecule has 0 radical (unpaired) electrons. The number of amides is 1. The molecule has 1 atom stereocenters. The highest BCUT2D eigenvalue weighted by Crippen LogP contribution is 2.16. The summed E-state index contributed by atoms with van der Waals surface area (Å²) in [7, 11) is 5.04. The van der Waals surface area contributed by atoms with Crippen LogP contribution in [0.5, 0.6) is 0 Å². The fourth-order valence-corrected chi connectivity index (χ4v) is 2.33. The van der Waals surface area contributed by atoms with Gasteiger partial charge >= 0.3 is 0 Å². The van der Waals surface area contributed by atoms with Gasteiger partial charge < -0.3 is 20.3 Å². The highest BCUT2D eigenvalue weighted by molar-refractivity contribution is 5.86. The Morgan fingerprint density at radius 3 is 2.40 bits per heavy atom. The van der Waals surface area contributed by atoms with Gasteiger partial charge in [-0.15, -0.1) is 0 Å². The van der Waals surface area contributed by atoms with Crippen LogP contribution < -0.4 is 10.6 Å². The van der Waals surface area contributed by atoms with Crippen LogP contribution in [0.15, 0.2) is 29.3 Å². The number of aliphatic imine (C=N–C) groups is 1. The number of likely N-dealkylation sites (N-methyl/N-ethyl adjacent to an activating group) is 1. The Labute approximate surface area is 149 Å². The van der Waals surface area contributed by atoms with Crippen LogP contribution in [0.2, 0.25) is 0 Å². The molecule has 7 heteroatoms. The summed E-state index contributed by atoms with van der Waals surface area (Å²) in [6, 6.07) is 6.18. The van der Waals surface area contributed by atoms with Crippen LogP contribution in [0, 0.1) is 5.82 Å². The first-order chi connectivity index (χ1) is 11.7. The van der Waals surface area contributed by atoms with Gasteiger partial charge in [0.2, 0.25) is 5.91 Å². The number of hydrogen-bond donors (Lipinski definition) is 2. The second kappa shape index (κ2) is 9.36. The van der Waals surface area contributed by atoms with Gasteiger partial charge in [0, 0.05) is 33.3 Å². The lowest BCUT2D eigenvalue weighted by atomic mass is 10.1. The summed E-state index contributed by atoms with van der Waals surface area (Å²) in [6.45, 7) is 6.43. The van der Waals surface area contributed by atoms with Crippen LogP contribution in [-0.4, -0.2) is 56.6 Å². The topological polar surface area (TPSA) is 66.0 Å². The number of ether oxygens (including phenoxy) is 1. The number of hydrogen-bond acceptors (Lipinski definition) is 3. The summed E-state index contributed by atoms with van der Waals surface area (Å²) in [5, 5.41) is 6.09. The first-order valence-corrected chi connectivity index (χ1v) is 8.17. The van der Waals surface area contributed by atoms with Crippen molar-refractivity contribution in [3.63, 3.8) is 0 Å². The van der Waals surface area contributed by atoms with E-state index in [9.17, 15) is 9.18 Å². The van der Waals surface area contributed by atoms with Gasteiger partial charge in [-0.05, 0) is 38.5 Å². The van der Waals surface area contributed by atoms with Gasteiger partial charge in [-0.2, -0.15) is 0 Å². The highest BCUT2D eigenvalue weighted by Gasteiger charge is 2.18. The van der Waals surface area contributed by atoms with Gasteiger partial charge in [0.25, 0.3) is 0 Å². The summed E-state index contributed by atoms with van der Waals surface area (Å²) >= 11 is 0. The van der Waals surface area contributed by atoms with E-state index in [2.05, 4.69) is 15.6 Å². The minimum absolute atomic E-state index is 0.0835. The average Bonchev–Trinajstić information content (AvgIpc) is 2.51. The van der Waals surface area contributed by atoms with Crippen molar-refractivity contribution in [2.45, 2.75) is 32.4 Å². The quantitative estimate of drug-likeness (QED) is 0.607. The molecule has 0 spiro atoms. The Kier molecular flexibility index (Phi) is 7.83. The number of carbonyl (C=O) groups is 1. The minimum Gasteiger partial charge on any atom is -0.375 e. The Balaban J connectivity index is 2.62. The van der Waals surface area contributed by atoms with E-state index < -0.39 is 0 Å². The minimum atomic E-state index is -0.285. The molecule has 1 amide bonds. The third kappa shape index (κ3) is 7.51. The summed E-state index contributed by atoms with van der Waals surface area (Å²) in [4.78, 5) is 18.0. The molecular formula is C18H29FN4O2. The normalized spacial score (nSPS) is 13.3. The molecule has 0 aliphatic rings. The fraction of sp³-hybridized carbons (Fsp3) is 0.556. The number of carbonyl (C=O) groups excluding carboxylic acids is 1. The maximum atomic E-state index is 13.0. The summed E-state index contributed by atoms with van der Waals surface area (Å²) in [5.41, 5.74) is 0.582. The lowest BCUT2D eigenvalue weighted by molar-refractivity contribution is -0.122. The van der Waals surface area contributed by atoms with E-state index in [0.717, 1.165) is 5.56 Å². The number of halogens is 1. The molecule has 1 rings (SSSR count). The molecule has 25 heavy (non-hydrogen) atoms. The smallest absolute Gasteiger partial charge is 0.240 e. The van der Waals surface area contributed by atoms with E-state index in [1.54, 1.807) is 38.2 Å². The zero-order valence-electron chi connectivity index (χ0n) is 15.9. The zero-order chi connectivity index (χ0) is 19.0. The van der Waals surface area contributed by atoms with E-state index in [0.29, 0.717) is 12.5 Å². The van der Waals surface area contributed by atoms with Crippen LogP contribution in [0.4, 0.5) is 4.39 Å². The van der Waals surface area contributed by atoms with Crippen molar-refractivity contribution in [3.05, 3.63) is 35.6 Å². The van der Waals surface area contributed by atoms with Crippen LogP contribution in [0.3, 0.4) is 0 Å². The largest absolute Gasteiger partial charge is 0.375 e. The number of methoxy groups -OCH3 is 1. The molecule has 0 fully saturated rings. The van der Waals surface area contributed by atoms with Crippen LogP contribution in [0.1, 0.15) is 32.4 Å². The fourth-order valence-electron chi connectivity index (χ4n) is 2.33. The van der Waals surface area contributed by atoms with E-state index in [1.165, 1.54) is 12.1 Å². The van der Waals surface area contributed by atoms with Crippen LogP contribution >= 0.6 is 0 Å². The third-order valence-corrected chi connectivity index (χ3v) is 3.44. The van der Waals surface area contributed by atoms with Crippen molar-refractivity contribution in [3.8, 4) is 0 Å². The predicted molar refractivity (Wildman–Crippen MR) is 98.0 cm³/mol. The molecule has 1 aromatic rings. The second-order valence-electron chi connectivity index (χ2n) is 6.86. The van der Waals surface area contributed by atoms with E-state index >= 15 is 0 Å². The molecule has 0 bridgehead atoms. The standard InChI is InChI=1S/C18H29FN4O2/c1-18(2,3)22-16(24)12-23(5)17(20-4)21-11-15(25-6)13-7-9-14(19)10-8-13/h7-10,15H,11-12H2,1-6H3,(H,20,21)(H,22,24). The summed E-state index contributed by atoms with van der Waals surface area (Å²) in [6.07, 6.45) is -0.255. The summed E-state index contributed by atoms with van der Waals surface area (Å²) < 4.78 is 18.5. The Hall–Kier alpha value is -2.15. The molecule has 1 aromatic carbocycles. The van der Waals surface area contributed by atoms with Gasteiger partial charge in [0.1, 0.15) is 5.82 Å². The maximum absolute atomic E-state index is 13.0. The van der Waals surface area contributed by atoms with Crippen LogP contribution in [-0.2, 0) is 9.53 Å². The second-order valence-corrected chi connectivity index (χ2v) is 6.86. The first-order valence-electron chi connectivity index (χ1n) is 8.17. The lowest BCUT2D eigenvalue weighted by Gasteiger charge is -2.26. The molecule has 0 saturated heterocycles. The molecule has 0 aliphatic heterocycles. The van der Waals surface area contributed by atoms with E-state index in [1.807, 2.05) is 20.8 Å². The van der Waals surface area contributed by atoms with Crippen molar-refractivity contribution < 1.29 is 13.9 Å². The van der Waals surface area contributed by atoms with Crippen molar-refractivity contribution >= 4 is 11.9 Å². The Morgan fingerprint density at radius 2 is 1.92 bits per heavy atom. The SMILES string of the molecule is CN=C(NCC(OC)c1ccc(F)cc1)N(C)CC(=O)NC(C)(C)C. The summed E-state index contributed by atoms with van der Waals surface area (Å²) in [5.74, 6) is 0.208. The molecule has 6 nitrogen and oxygen atoms in total. The molecule has 0 saturated carbocycles. The van der Waals surface area contributed by atoms with E-state index in [-0.39, 0.29) is 29.9 Å². The van der Waals surface area contributed by atoms with Crippen LogP contribution in [0.25, 0.3) is 0 Å². The number of nitrogens with one attached hydrogen (secondary N) is 2. The first kappa shape index (κ1) is 20.9. The van der Waals surface area contributed by atoms with Gasteiger partial charge in [-0.3, -0.25) is 9.79 Å². The molecule has 0 aliphatic carbocycles. The van der Waals surface area contributed by atoms with Crippen molar-refractivity contribution in [2.24, 2.45) is 4.99 Å². The van der Waals surface area contributed by atoms with Crippen molar-refractivity contribution in [2.75, 3.05) is 34.3 Å². The lowest BCUT2D eigenvalue weighted by Crippen LogP contribution is -2.49. The zero-order valence-corrected chi connectivity index (χ0v) is 15.9. The molecule has 140 valence electrons. The monoisotopic (exact) mass is 352 g/mol. The highest BCUT2D eigenvalue weighted by atomic mass is 19.1. The molecular weight excluding hydrogens is 323 g/mol. The molecule has 0 aromatic heterocycles. The predicted octanol–water partition coefficient (Wildman–Crippen LogP) is 1.94. The molecule has 2 N–H and O–H groups in total. The average molecular weight is 352 g/mol. The molecule has 0 heterocycles. The maximum Gasteiger partial charge on any atom is 0.240 e. The van der Waals surface area contributed by atoms with Crippen molar-refractivity contribution in [1.82, 2.24) is 15.5 Å². The van der Waals surface area contributed by atoms with Crippen molar-refractivity contribution in [1.29, 1.82) is 0 Å². The van der Waals surface area contributed by atoms with Gasteiger partial charge in [-0.1, -0.05) is 12.1 Å². The third-order valence-electron chi connectivity index (χ3n) is 3.44. The number of nitrogens with zero attached hydrogens (tertiary/aromatic N) is 2. The number of guanidine groups is 1. The number of rotatable bonds is 6. The Morgan fingerprint density at radius 1 is 1.32 bits per heavy atom. The van der Waals surface area contributed by atoms with E-state index in [4.69, 9.17) is 4.74 Å². The van der Waals surface area contributed by atoms with Gasteiger partial charge in [0.05, 0.1) is 12.6 Å². The molecule has 1 unspecified atom stereocenters. The number of benzene rings is 1. The Bertz CT molecular complexity index is 582.